The number of halogens is 2. The summed E-state index contributed by atoms with van der Waals surface area (Å²) in [6.45, 7) is 3.31. The first-order chi connectivity index (χ1) is 15.2. The fourth-order valence-corrected chi connectivity index (χ4v) is 4.16. The summed E-state index contributed by atoms with van der Waals surface area (Å²) in [5.41, 5.74) is 3.34. The Balaban J connectivity index is 1.51. The average Bonchev–Trinajstić information content (AvgIpc) is 3.42. The summed E-state index contributed by atoms with van der Waals surface area (Å²) in [5, 5.41) is 7.31. The molecule has 1 atom stereocenters. The summed E-state index contributed by atoms with van der Waals surface area (Å²) in [6, 6.07) is 14.1. The van der Waals surface area contributed by atoms with Gasteiger partial charge in [0.2, 0.25) is 5.95 Å². The molecule has 0 bridgehead atoms. The Labute approximate surface area is 184 Å². The highest BCUT2D eigenvalue weighted by atomic mass is 35.5. The number of hydrogen-bond acceptors (Lipinski definition) is 5. The van der Waals surface area contributed by atoms with E-state index in [1.54, 1.807) is 18.3 Å². The van der Waals surface area contributed by atoms with E-state index in [-0.39, 0.29) is 5.82 Å². The third-order valence-corrected chi connectivity index (χ3v) is 5.90. The van der Waals surface area contributed by atoms with E-state index in [1.165, 1.54) is 12.1 Å². The predicted octanol–water partition coefficient (Wildman–Crippen LogP) is 4.51. The molecule has 0 amide bonds. The van der Waals surface area contributed by atoms with Crippen molar-refractivity contribution >= 4 is 28.7 Å². The van der Waals surface area contributed by atoms with E-state index in [9.17, 15) is 4.39 Å². The second kappa shape index (κ2) is 8.61. The number of hydrogen-bond donors (Lipinski definition) is 2. The molecule has 4 aromatic rings. The lowest BCUT2D eigenvalue weighted by atomic mass is 10.1. The zero-order valence-electron chi connectivity index (χ0n) is 16.9. The first-order valence-electron chi connectivity index (χ1n) is 10.3. The van der Waals surface area contributed by atoms with E-state index < -0.39 is 0 Å². The monoisotopic (exact) mass is 436 g/mol. The van der Waals surface area contributed by atoms with Crippen molar-refractivity contribution in [1.29, 1.82) is 0 Å². The zero-order chi connectivity index (χ0) is 21.2. The second-order valence-corrected chi connectivity index (χ2v) is 8.17. The molecule has 0 spiro atoms. The Bertz CT molecular complexity index is 1200. The minimum Gasteiger partial charge on any atom is -0.350 e. The highest BCUT2D eigenvalue weighted by Crippen LogP contribution is 2.31. The van der Waals surface area contributed by atoms with Crippen LogP contribution in [0.3, 0.4) is 0 Å². The van der Waals surface area contributed by atoms with Gasteiger partial charge in [0.1, 0.15) is 17.2 Å². The normalized spacial score (nSPS) is 16.1. The second-order valence-electron chi connectivity index (χ2n) is 7.77. The number of imidazole rings is 1. The third-order valence-electron chi connectivity index (χ3n) is 5.57. The number of nitrogens with one attached hydrogen (secondary N) is 2. The molecule has 0 radical (unpaired) electrons. The maximum absolute atomic E-state index is 13.1. The van der Waals surface area contributed by atoms with Crippen molar-refractivity contribution in [3.63, 3.8) is 0 Å². The number of benzene rings is 2. The van der Waals surface area contributed by atoms with Crippen LogP contribution < -0.4 is 10.6 Å². The molecule has 2 N–H and O–H groups in total. The van der Waals surface area contributed by atoms with Crippen LogP contribution in [0, 0.1) is 11.7 Å². The SMILES string of the molecule is Fc1ccc(CNc2ncc3nc(-c4ccccc4Cl)n(C[C@H]4CCNC4)c3n2)cc1. The molecular formula is C23H22ClFN6. The number of anilines is 1. The molecule has 0 aliphatic carbocycles. The lowest BCUT2D eigenvalue weighted by molar-refractivity contribution is 0.490. The van der Waals surface area contributed by atoms with E-state index in [2.05, 4.69) is 20.2 Å². The van der Waals surface area contributed by atoms with Gasteiger partial charge in [0.25, 0.3) is 0 Å². The van der Waals surface area contributed by atoms with E-state index in [4.69, 9.17) is 21.6 Å². The van der Waals surface area contributed by atoms with Gasteiger partial charge in [0, 0.05) is 18.7 Å². The van der Waals surface area contributed by atoms with Crippen LogP contribution in [0.5, 0.6) is 0 Å². The van der Waals surface area contributed by atoms with Crippen LogP contribution in [-0.2, 0) is 13.1 Å². The van der Waals surface area contributed by atoms with Crippen molar-refractivity contribution in [3.8, 4) is 11.4 Å². The fourth-order valence-electron chi connectivity index (χ4n) is 3.94. The average molecular weight is 437 g/mol. The molecular weight excluding hydrogens is 415 g/mol. The highest BCUT2D eigenvalue weighted by molar-refractivity contribution is 6.33. The van der Waals surface area contributed by atoms with Gasteiger partial charge in [-0.15, -0.1) is 0 Å². The quantitative estimate of drug-likeness (QED) is 0.465. The molecule has 158 valence electrons. The molecule has 1 fully saturated rings. The number of rotatable bonds is 6. The largest absolute Gasteiger partial charge is 0.350 e. The first-order valence-corrected chi connectivity index (χ1v) is 10.7. The smallest absolute Gasteiger partial charge is 0.225 e. The van der Waals surface area contributed by atoms with Gasteiger partial charge in [-0.2, -0.15) is 4.98 Å². The van der Waals surface area contributed by atoms with Crippen molar-refractivity contribution < 1.29 is 4.39 Å². The van der Waals surface area contributed by atoms with Crippen LogP contribution in [0.4, 0.5) is 10.3 Å². The zero-order valence-corrected chi connectivity index (χ0v) is 17.6. The van der Waals surface area contributed by atoms with Crippen LogP contribution in [-0.4, -0.2) is 32.6 Å². The molecule has 1 aliphatic rings. The first kappa shape index (κ1) is 19.9. The van der Waals surface area contributed by atoms with Crippen LogP contribution >= 0.6 is 11.6 Å². The van der Waals surface area contributed by atoms with Crippen molar-refractivity contribution in [3.05, 3.63) is 71.1 Å². The molecule has 1 aliphatic heterocycles. The molecule has 31 heavy (non-hydrogen) atoms. The summed E-state index contributed by atoms with van der Waals surface area (Å²) in [7, 11) is 0. The number of fused-ring (bicyclic) bond motifs is 1. The van der Waals surface area contributed by atoms with Crippen molar-refractivity contribution in [2.75, 3.05) is 18.4 Å². The number of aromatic nitrogens is 4. The molecule has 2 aromatic carbocycles. The fraction of sp³-hybridized carbons (Fsp3) is 0.261. The summed E-state index contributed by atoms with van der Waals surface area (Å²) in [6.07, 6.45) is 2.85. The lowest BCUT2D eigenvalue weighted by Gasteiger charge is -2.14. The van der Waals surface area contributed by atoms with E-state index in [0.717, 1.165) is 54.2 Å². The van der Waals surface area contributed by atoms with Gasteiger partial charge in [-0.25, -0.2) is 14.4 Å². The Morgan fingerprint density at radius 1 is 1.13 bits per heavy atom. The van der Waals surface area contributed by atoms with Gasteiger partial charge in [-0.3, -0.25) is 0 Å². The Morgan fingerprint density at radius 3 is 2.74 bits per heavy atom. The minimum atomic E-state index is -0.251. The minimum absolute atomic E-state index is 0.251. The Kier molecular flexibility index (Phi) is 5.53. The summed E-state index contributed by atoms with van der Waals surface area (Å²) in [4.78, 5) is 14.0. The van der Waals surface area contributed by atoms with Gasteiger partial charge in [-0.1, -0.05) is 35.9 Å². The maximum Gasteiger partial charge on any atom is 0.225 e. The molecule has 2 aromatic heterocycles. The summed E-state index contributed by atoms with van der Waals surface area (Å²) >= 11 is 6.49. The van der Waals surface area contributed by atoms with Crippen LogP contribution in [0.2, 0.25) is 5.02 Å². The van der Waals surface area contributed by atoms with Crippen LogP contribution in [0.1, 0.15) is 12.0 Å². The molecule has 6 nitrogen and oxygen atoms in total. The van der Waals surface area contributed by atoms with Gasteiger partial charge in [-0.05, 0) is 55.3 Å². The van der Waals surface area contributed by atoms with E-state index >= 15 is 0 Å². The molecule has 1 saturated heterocycles. The van der Waals surface area contributed by atoms with Crippen molar-refractivity contribution in [1.82, 2.24) is 24.8 Å². The Hall–Kier alpha value is -3.03. The van der Waals surface area contributed by atoms with Gasteiger partial charge in [0.05, 0.1) is 11.2 Å². The van der Waals surface area contributed by atoms with Gasteiger partial charge >= 0.3 is 0 Å². The molecule has 3 heterocycles. The third kappa shape index (κ3) is 4.24. The van der Waals surface area contributed by atoms with E-state index in [1.807, 2.05) is 24.3 Å². The molecule has 0 saturated carbocycles. The Morgan fingerprint density at radius 2 is 1.97 bits per heavy atom. The van der Waals surface area contributed by atoms with Crippen molar-refractivity contribution in [2.45, 2.75) is 19.5 Å². The summed E-state index contributed by atoms with van der Waals surface area (Å²) < 4.78 is 15.3. The number of nitrogens with zero attached hydrogens (tertiary/aromatic N) is 4. The van der Waals surface area contributed by atoms with E-state index in [0.29, 0.717) is 23.4 Å². The lowest BCUT2D eigenvalue weighted by Crippen LogP contribution is -2.16. The maximum atomic E-state index is 13.1. The molecule has 5 rings (SSSR count). The standard InChI is InChI=1S/C23H22ClFN6/c24-19-4-2-1-3-18(19)21-29-20-13-28-23(27-12-15-5-7-17(25)8-6-15)30-22(20)31(21)14-16-9-10-26-11-16/h1-8,13,16,26H,9-12,14H2,(H,27,28,30)/t16-/m0/s1. The molecule has 0 unspecified atom stereocenters. The van der Waals surface area contributed by atoms with Crippen molar-refractivity contribution in [2.24, 2.45) is 5.92 Å². The molecule has 8 heteroatoms. The van der Waals surface area contributed by atoms with Crippen LogP contribution in [0.15, 0.2) is 54.7 Å². The summed E-state index contributed by atoms with van der Waals surface area (Å²) in [5.74, 6) is 1.56. The highest BCUT2D eigenvalue weighted by Gasteiger charge is 2.22. The topological polar surface area (TPSA) is 67.7 Å². The van der Waals surface area contributed by atoms with Gasteiger partial charge in [0.15, 0.2) is 5.65 Å². The van der Waals surface area contributed by atoms with Crippen LogP contribution in [0.25, 0.3) is 22.6 Å². The van der Waals surface area contributed by atoms with Gasteiger partial charge < -0.3 is 15.2 Å². The predicted molar refractivity (Wildman–Crippen MR) is 120 cm³/mol.